The summed E-state index contributed by atoms with van der Waals surface area (Å²) in [5.74, 6) is -1.82. The maximum atomic E-state index is 13.0. The second-order valence-corrected chi connectivity index (χ2v) is 5.43. The molecule has 4 nitrogen and oxygen atoms in total. The summed E-state index contributed by atoms with van der Waals surface area (Å²) in [4.78, 5) is 24.0. The van der Waals surface area contributed by atoms with Crippen LogP contribution < -0.4 is 5.32 Å². The van der Waals surface area contributed by atoms with Crippen LogP contribution in [0.3, 0.4) is 0 Å². The first-order chi connectivity index (χ1) is 10.9. The predicted molar refractivity (Wildman–Crippen MR) is 86.1 cm³/mol. The van der Waals surface area contributed by atoms with Crippen LogP contribution in [0.2, 0.25) is 5.02 Å². The van der Waals surface area contributed by atoms with Crippen LogP contribution in [-0.2, 0) is 9.53 Å². The lowest BCUT2D eigenvalue weighted by atomic mass is 10.2. The highest BCUT2D eigenvalue weighted by molar-refractivity contribution is 6.33. The maximum Gasteiger partial charge on any atom is 0.340 e. The van der Waals surface area contributed by atoms with Crippen LogP contribution in [-0.4, -0.2) is 18.0 Å². The Morgan fingerprint density at radius 1 is 1.17 bits per heavy atom. The van der Waals surface area contributed by atoms with Crippen LogP contribution in [0.4, 0.5) is 10.1 Å². The van der Waals surface area contributed by atoms with E-state index in [0.717, 1.165) is 17.7 Å². The molecule has 0 aliphatic carbocycles. The van der Waals surface area contributed by atoms with Crippen LogP contribution in [0.15, 0.2) is 42.5 Å². The smallest absolute Gasteiger partial charge is 0.340 e. The van der Waals surface area contributed by atoms with Crippen molar-refractivity contribution in [3.05, 3.63) is 64.4 Å². The van der Waals surface area contributed by atoms with E-state index in [1.807, 2.05) is 19.1 Å². The van der Waals surface area contributed by atoms with Gasteiger partial charge < -0.3 is 10.1 Å². The van der Waals surface area contributed by atoms with E-state index in [1.54, 1.807) is 12.1 Å². The lowest BCUT2D eigenvalue weighted by Crippen LogP contribution is -2.30. The van der Waals surface area contributed by atoms with Gasteiger partial charge in [-0.25, -0.2) is 9.18 Å². The summed E-state index contributed by atoms with van der Waals surface area (Å²) in [7, 11) is 0. The van der Waals surface area contributed by atoms with Crippen molar-refractivity contribution in [3.63, 3.8) is 0 Å². The van der Waals surface area contributed by atoms with Crippen LogP contribution in [0.1, 0.15) is 22.8 Å². The lowest BCUT2D eigenvalue weighted by molar-refractivity contribution is -0.123. The summed E-state index contributed by atoms with van der Waals surface area (Å²) in [6.07, 6.45) is -1.02. The molecule has 6 heteroatoms. The number of rotatable bonds is 4. The molecule has 120 valence electrons. The number of esters is 1. The Hall–Kier alpha value is -2.40. The van der Waals surface area contributed by atoms with Gasteiger partial charge in [-0.3, -0.25) is 4.79 Å². The second-order valence-electron chi connectivity index (χ2n) is 5.03. The minimum atomic E-state index is -1.02. The molecule has 2 aromatic rings. The van der Waals surface area contributed by atoms with Gasteiger partial charge in [0.2, 0.25) is 0 Å². The number of nitrogens with one attached hydrogen (secondary N) is 1. The van der Waals surface area contributed by atoms with Crippen LogP contribution in [0.5, 0.6) is 0 Å². The third kappa shape index (κ3) is 4.53. The zero-order valence-electron chi connectivity index (χ0n) is 12.6. The third-order valence-electron chi connectivity index (χ3n) is 3.12. The second kappa shape index (κ2) is 7.24. The summed E-state index contributed by atoms with van der Waals surface area (Å²) >= 11 is 5.79. The van der Waals surface area contributed by atoms with E-state index in [4.69, 9.17) is 16.3 Å². The Balaban J connectivity index is 2.00. The van der Waals surface area contributed by atoms with Gasteiger partial charge in [0.25, 0.3) is 5.91 Å². The average Bonchev–Trinajstić information content (AvgIpc) is 2.49. The fraction of sp³-hybridized carbons (Fsp3) is 0.176. The number of hydrogen-bond donors (Lipinski definition) is 1. The predicted octanol–water partition coefficient (Wildman–Crippen LogP) is 3.97. The summed E-state index contributed by atoms with van der Waals surface area (Å²) in [6, 6.07) is 10.5. The van der Waals surface area contributed by atoms with Crippen molar-refractivity contribution < 1.29 is 18.7 Å². The lowest BCUT2D eigenvalue weighted by Gasteiger charge is -2.14. The first kappa shape index (κ1) is 17.0. The molecule has 1 N–H and O–H groups in total. The van der Waals surface area contributed by atoms with E-state index >= 15 is 0 Å². The number of carbonyl (C=O) groups is 2. The number of amides is 1. The Morgan fingerprint density at radius 3 is 2.43 bits per heavy atom. The molecule has 0 saturated heterocycles. The van der Waals surface area contributed by atoms with Crippen LogP contribution in [0, 0.1) is 12.7 Å². The van der Waals surface area contributed by atoms with Gasteiger partial charge in [0.1, 0.15) is 5.82 Å². The maximum absolute atomic E-state index is 13.0. The van der Waals surface area contributed by atoms with Crippen molar-refractivity contribution in [1.82, 2.24) is 0 Å². The largest absolute Gasteiger partial charge is 0.449 e. The summed E-state index contributed by atoms with van der Waals surface area (Å²) in [5, 5.41) is 2.57. The zero-order chi connectivity index (χ0) is 17.0. The van der Waals surface area contributed by atoms with Gasteiger partial charge in [-0.05, 0) is 44.2 Å². The molecule has 1 atom stereocenters. The molecule has 0 bridgehead atoms. The molecular formula is C17H15ClFNO3. The number of anilines is 1. The Labute approximate surface area is 138 Å². The first-order valence-corrected chi connectivity index (χ1v) is 7.28. The van der Waals surface area contributed by atoms with Crippen LogP contribution in [0.25, 0.3) is 0 Å². The molecule has 1 unspecified atom stereocenters. The highest BCUT2D eigenvalue weighted by Crippen LogP contribution is 2.19. The van der Waals surface area contributed by atoms with Crippen LogP contribution >= 0.6 is 11.6 Å². The molecule has 0 fully saturated rings. The van der Waals surface area contributed by atoms with E-state index in [9.17, 15) is 14.0 Å². The molecule has 0 aromatic heterocycles. The number of ether oxygens (including phenoxy) is 1. The SMILES string of the molecule is Cc1ccc(NC(=O)C(C)OC(=O)c2ccc(F)cc2Cl)cc1. The summed E-state index contributed by atoms with van der Waals surface area (Å²) in [6.45, 7) is 3.38. The van der Waals surface area contributed by atoms with Gasteiger partial charge in [0.05, 0.1) is 10.6 Å². The van der Waals surface area contributed by atoms with E-state index in [-0.39, 0.29) is 10.6 Å². The van der Waals surface area contributed by atoms with Gasteiger partial charge in [0, 0.05) is 5.69 Å². The highest BCUT2D eigenvalue weighted by Gasteiger charge is 2.20. The minimum absolute atomic E-state index is 0.00283. The van der Waals surface area contributed by atoms with Gasteiger partial charge >= 0.3 is 5.97 Å². The Kier molecular flexibility index (Phi) is 5.34. The normalized spacial score (nSPS) is 11.7. The first-order valence-electron chi connectivity index (χ1n) is 6.90. The Morgan fingerprint density at radius 2 is 1.83 bits per heavy atom. The van der Waals surface area contributed by atoms with E-state index in [1.165, 1.54) is 13.0 Å². The molecule has 0 heterocycles. The number of carbonyl (C=O) groups excluding carboxylic acids is 2. The van der Waals surface area contributed by atoms with Crippen molar-refractivity contribution in [2.75, 3.05) is 5.32 Å². The van der Waals surface area contributed by atoms with E-state index in [2.05, 4.69) is 5.32 Å². The van der Waals surface area contributed by atoms with Gasteiger partial charge in [-0.1, -0.05) is 29.3 Å². The van der Waals surface area contributed by atoms with Gasteiger partial charge in [-0.15, -0.1) is 0 Å². The molecular weight excluding hydrogens is 321 g/mol. The fourth-order valence-corrected chi connectivity index (χ4v) is 2.06. The molecule has 1 amide bonds. The molecule has 0 saturated carbocycles. The quantitative estimate of drug-likeness (QED) is 0.860. The van der Waals surface area contributed by atoms with Crippen molar-refractivity contribution in [2.45, 2.75) is 20.0 Å². The highest BCUT2D eigenvalue weighted by atomic mass is 35.5. The van der Waals surface area contributed by atoms with Gasteiger partial charge in [0.15, 0.2) is 6.10 Å². The van der Waals surface area contributed by atoms with Crippen molar-refractivity contribution in [3.8, 4) is 0 Å². The van der Waals surface area contributed by atoms with Crippen molar-refractivity contribution >= 4 is 29.2 Å². The fourth-order valence-electron chi connectivity index (χ4n) is 1.81. The summed E-state index contributed by atoms with van der Waals surface area (Å²) < 4.78 is 18.0. The number of aryl methyl sites for hydroxylation is 1. The molecule has 2 rings (SSSR count). The summed E-state index contributed by atoms with van der Waals surface area (Å²) in [5.41, 5.74) is 1.67. The molecule has 0 radical (unpaired) electrons. The number of halogens is 2. The Bertz CT molecular complexity index is 731. The number of benzene rings is 2. The molecule has 0 aliphatic heterocycles. The number of hydrogen-bond acceptors (Lipinski definition) is 3. The standard InChI is InChI=1S/C17H15ClFNO3/c1-10-3-6-13(7-4-10)20-16(21)11(2)23-17(22)14-8-5-12(19)9-15(14)18/h3-9,11H,1-2H3,(H,20,21). The van der Waals surface area contributed by atoms with Crippen molar-refractivity contribution in [2.24, 2.45) is 0 Å². The van der Waals surface area contributed by atoms with E-state index < -0.39 is 23.8 Å². The minimum Gasteiger partial charge on any atom is -0.449 e. The topological polar surface area (TPSA) is 55.4 Å². The van der Waals surface area contributed by atoms with E-state index in [0.29, 0.717) is 5.69 Å². The molecule has 23 heavy (non-hydrogen) atoms. The molecule has 2 aromatic carbocycles. The zero-order valence-corrected chi connectivity index (χ0v) is 13.4. The monoisotopic (exact) mass is 335 g/mol. The molecule has 0 spiro atoms. The molecule has 0 aliphatic rings. The van der Waals surface area contributed by atoms with Gasteiger partial charge in [-0.2, -0.15) is 0 Å². The van der Waals surface area contributed by atoms with Crippen molar-refractivity contribution in [1.29, 1.82) is 0 Å². The third-order valence-corrected chi connectivity index (χ3v) is 3.44. The average molecular weight is 336 g/mol.